The van der Waals surface area contributed by atoms with Crippen LogP contribution < -0.4 is 17.7 Å². The summed E-state index contributed by atoms with van der Waals surface area (Å²) in [5.74, 6) is 0. The highest BCUT2D eigenvalue weighted by Gasteiger charge is 2.22. The molecule has 12 heavy (non-hydrogen) atoms. The van der Waals surface area contributed by atoms with Crippen molar-refractivity contribution in [3.63, 3.8) is 0 Å². The summed E-state index contributed by atoms with van der Waals surface area (Å²) < 4.78 is 0. The summed E-state index contributed by atoms with van der Waals surface area (Å²) in [5, 5.41) is 1.56. The van der Waals surface area contributed by atoms with E-state index in [0.29, 0.717) is 0 Å². The predicted octanol–water partition coefficient (Wildman–Crippen LogP) is -0.469. The standard InChI is InChI=1S/C10H16P.ClH/c1-9-7-5-6-8-10(9)11(2,3)4;/h5-8H,1-4H3;1H/q+1;/p-1. The zero-order valence-electron chi connectivity index (χ0n) is 8.13. The molecule has 1 aromatic carbocycles. The highest BCUT2D eigenvalue weighted by Crippen LogP contribution is 2.45. The van der Waals surface area contributed by atoms with E-state index in [2.05, 4.69) is 51.2 Å². The monoisotopic (exact) mass is 202 g/mol. The normalized spacial score (nSPS) is 10.7. The third kappa shape index (κ3) is 2.77. The van der Waals surface area contributed by atoms with Crippen molar-refractivity contribution in [2.24, 2.45) is 0 Å². The summed E-state index contributed by atoms with van der Waals surface area (Å²) in [5.41, 5.74) is 1.44. The molecule has 0 spiro atoms. The first-order valence-corrected chi connectivity index (χ1v) is 7.02. The van der Waals surface area contributed by atoms with Crippen LogP contribution in [0.1, 0.15) is 5.56 Å². The van der Waals surface area contributed by atoms with Gasteiger partial charge in [-0.15, -0.1) is 0 Å². The number of hydrogen-bond donors (Lipinski definition) is 0. The summed E-state index contributed by atoms with van der Waals surface area (Å²) in [6.07, 6.45) is 0. The van der Waals surface area contributed by atoms with Crippen LogP contribution in [-0.4, -0.2) is 20.0 Å². The van der Waals surface area contributed by atoms with Gasteiger partial charge in [0.15, 0.2) is 0 Å². The number of benzene rings is 1. The molecule has 0 fully saturated rings. The summed E-state index contributed by atoms with van der Waals surface area (Å²) >= 11 is 0. The molecule has 1 rings (SSSR count). The zero-order chi connectivity index (χ0) is 8.48. The molecule has 68 valence electrons. The Balaban J connectivity index is 0.00000121. The number of aryl methyl sites for hydroxylation is 1. The topological polar surface area (TPSA) is 0 Å². The Kier molecular flexibility index (Phi) is 4.23. The second kappa shape index (κ2) is 4.25. The SMILES string of the molecule is Cc1ccccc1[P+](C)(C)C.[Cl-]. The molecule has 0 unspecified atom stereocenters. The summed E-state index contributed by atoms with van der Waals surface area (Å²) in [6.45, 7) is 9.26. The van der Waals surface area contributed by atoms with Crippen LogP contribution in [0.2, 0.25) is 0 Å². The van der Waals surface area contributed by atoms with Crippen molar-refractivity contribution in [2.45, 2.75) is 6.92 Å². The van der Waals surface area contributed by atoms with Crippen molar-refractivity contribution in [3.8, 4) is 0 Å². The molecule has 0 aliphatic heterocycles. The molecule has 0 bridgehead atoms. The van der Waals surface area contributed by atoms with Gasteiger partial charge in [-0.25, -0.2) is 0 Å². The fraction of sp³-hybridized carbons (Fsp3) is 0.400. The minimum atomic E-state index is -0.806. The van der Waals surface area contributed by atoms with E-state index < -0.39 is 7.26 Å². The van der Waals surface area contributed by atoms with Gasteiger partial charge in [0.1, 0.15) is 0 Å². The van der Waals surface area contributed by atoms with Gasteiger partial charge in [-0.05, 0) is 18.6 Å². The lowest BCUT2D eigenvalue weighted by molar-refractivity contribution is -0.00000257. The third-order valence-electron chi connectivity index (χ3n) is 1.84. The quantitative estimate of drug-likeness (QED) is 0.541. The van der Waals surface area contributed by atoms with E-state index >= 15 is 0 Å². The van der Waals surface area contributed by atoms with Gasteiger partial charge in [0.25, 0.3) is 0 Å². The highest BCUT2D eigenvalue weighted by atomic mass is 35.5. The Labute approximate surface area is 82.1 Å². The molecule has 0 atom stereocenters. The van der Waals surface area contributed by atoms with Crippen molar-refractivity contribution in [1.82, 2.24) is 0 Å². The molecular formula is C10H16ClP. The second-order valence-electron chi connectivity index (χ2n) is 3.80. The van der Waals surface area contributed by atoms with Crippen LogP contribution in [0, 0.1) is 6.92 Å². The van der Waals surface area contributed by atoms with Crippen LogP contribution in [-0.2, 0) is 0 Å². The molecule has 0 aromatic heterocycles. The molecule has 2 heteroatoms. The van der Waals surface area contributed by atoms with Crippen LogP contribution in [0.15, 0.2) is 24.3 Å². The number of hydrogen-bond acceptors (Lipinski definition) is 0. The van der Waals surface area contributed by atoms with Crippen LogP contribution in [0.25, 0.3) is 0 Å². The van der Waals surface area contributed by atoms with E-state index in [4.69, 9.17) is 0 Å². The van der Waals surface area contributed by atoms with Crippen molar-refractivity contribution < 1.29 is 12.4 Å². The van der Waals surface area contributed by atoms with Gasteiger partial charge in [-0.3, -0.25) is 0 Å². The number of halogens is 1. The smallest absolute Gasteiger partial charge is 0.0959 e. The Bertz CT molecular complexity index is 250. The first kappa shape index (κ1) is 11.9. The molecule has 0 aliphatic rings. The Morgan fingerprint density at radius 1 is 1.00 bits per heavy atom. The summed E-state index contributed by atoms with van der Waals surface area (Å²) in [6, 6.07) is 8.69. The number of rotatable bonds is 1. The van der Waals surface area contributed by atoms with E-state index in [9.17, 15) is 0 Å². The van der Waals surface area contributed by atoms with E-state index in [1.54, 1.807) is 5.30 Å². The minimum Gasteiger partial charge on any atom is -1.00 e. The lowest BCUT2D eigenvalue weighted by Crippen LogP contribution is -3.00. The molecule has 0 N–H and O–H groups in total. The van der Waals surface area contributed by atoms with Crippen LogP contribution in [0.3, 0.4) is 0 Å². The van der Waals surface area contributed by atoms with E-state index in [0.717, 1.165) is 0 Å². The first-order chi connectivity index (χ1) is 5.02. The van der Waals surface area contributed by atoms with Gasteiger partial charge >= 0.3 is 0 Å². The fourth-order valence-corrected chi connectivity index (χ4v) is 2.98. The lowest BCUT2D eigenvalue weighted by atomic mass is 10.2. The maximum atomic E-state index is 2.36. The molecule has 0 radical (unpaired) electrons. The molecular weight excluding hydrogens is 187 g/mol. The molecule has 0 aliphatic carbocycles. The Morgan fingerprint density at radius 2 is 1.50 bits per heavy atom. The average molecular weight is 203 g/mol. The summed E-state index contributed by atoms with van der Waals surface area (Å²) in [4.78, 5) is 0. The average Bonchev–Trinajstić information content (AvgIpc) is 1.86. The van der Waals surface area contributed by atoms with Crippen molar-refractivity contribution in [2.75, 3.05) is 20.0 Å². The summed E-state index contributed by atoms with van der Waals surface area (Å²) in [7, 11) is -0.806. The molecule has 0 heterocycles. The highest BCUT2D eigenvalue weighted by molar-refractivity contribution is 7.81. The molecule has 0 saturated heterocycles. The van der Waals surface area contributed by atoms with Crippen LogP contribution >= 0.6 is 7.26 Å². The maximum Gasteiger partial charge on any atom is 0.0959 e. The molecule has 1 aromatic rings. The van der Waals surface area contributed by atoms with Gasteiger partial charge in [-0.2, -0.15) is 0 Å². The van der Waals surface area contributed by atoms with E-state index in [1.165, 1.54) is 5.56 Å². The van der Waals surface area contributed by atoms with Crippen LogP contribution in [0.4, 0.5) is 0 Å². The van der Waals surface area contributed by atoms with Gasteiger partial charge in [-0.1, -0.05) is 18.2 Å². The fourth-order valence-electron chi connectivity index (χ4n) is 1.32. The predicted molar refractivity (Wildman–Crippen MR) is 55.5 cm³/mol. The first-order valence-electron chi connectivity index (χ1n) is 3.89. The molecule has 0 amide bonds. The van der Waals surface area contributed by atoms with Gasteiger partial charge in [0.2, 0.25) is 0 Å². The van der Waals surface area contributed by atoms with Gasteiger partial charge < -0.3 is 12.4 Å². The largest absolute Gasteiger partial charge is 1.00 e. The third-order valence-corrected chi connectivity index (χ3v) is 3.79. The van der Waals surface area contributed by atoms with Crippen molar-refractivity contribution in [3.05, 3.63) is 29.8 Å². The Morgan fingerprint density at radius 3 is 1.83 bits per heavy atom. The second-order valence-corrected chi connectivity index (χ2v) is 8.31. The van der Waals surface area contributed by atoms with E-state index in [-0.39, 0.29) is 12.4 Å². The molecule has 0 saturated carbocycles. The Hall–Kier alpha value is -0.0600. The van der Waals surface area contributed by atoms with Crippen LogP contribution in [0.5, 0.6) is 0 Å². The van der Waals surface area contributed by atoms with Gasteiger partial charge in [0, 0.05) is 7.26 Å². The maximum absolute atomic E-state index is 2.36. The van der Waals surface area contributed by atoms with Crippen molar-refractivity contribution in [1.29, 1.82) is 0 Å². The van der Waals surface area contributed by atoms with Crippen molar-refractivity contribution >= 4 is 12.6 Å². The van der Waals surface area contributed by atoms with Gasteiger partial charge in [0.05, 0.1) is 25.3 Å². The zero-order valence-corrected chi connectivity index (χ0v) is 9.78. The van der Waals surface area contributed by atoms with E-state index in [1.807, 2.05) is 0 Å². The molecule has 0 nitrogen and oxygen atoms in total. The minimum absolute atomic E-state index is 0. The lowest BCUT2D eigenvalue weighted by Gasteiger charge is -2.13.